The SMILES string of the molecule is O=C(c1ccc(F)cc1)N1CCCCC(Sc2nnc(-c3ccc[nH]3)o2)C1=O. The Labute approximate surface area is 164 Å². The molecule has 7 nitrogen and oxygen atoms in total. The smallest absolute Gasteiger partial charge is 0.277 e. The number of amides is 2. The second kappa shape index (κ2) is 7.97. The number of hydrogen-bond donors (Lipinski definition) is 1. The van der Waals surface area contributed by atoms with E-state index in [1.807, 2.05) is 12.1 Å². The minimum atomic E-state index is -0.496. The molecule has 2 aromatic heterocycles. The first-order chi connectivity index (χ1) is 13.6. The number of imide groups is 1. The molecule has 0 bridgehead atoms. The topological polar surface area (TPSA) is 92.1 Å². The summed E-state index contributed by atoms with van der Waals surface area (Å²) >= 11 is 1.17. The molecule has 144 valence electrons. The number of aromatic nitrogens is 3. The Balaban J connectivity index is 1.50. The fourth-order valence-corrected chi connectivity index (χ4v) is 3.99. The Kier molecular flexibility index (Phi) is 5.25. The quantitative estimate of drug-likeness (QED) is 0.674. The summed E-state index contributed by atoms with van der Waals surface area (Å²) in [5.74, 6) is -0.805. The second-order valence-electron chi connectivity index (χ2n) is 6.36. The Bertz CT molecular complexity index is 971. The Morgan fingerprint density at radius 3 is 2.79 bits per heavy atom. The third kappa shape index (κ3) is 3.84. The number of hydrogen-bond acceptors (Lipinski definition) is 6. The molecule has 1 saturated heterocycles. The van der Waals surface area contributed by atoms with E-state index in [1.54, 1.807) is 6.20 Å². The lowest BCUT2D eigenvalue weighted by molar-refractivity contribution is -0.127. The number of aromatic amines is 1. The molecule has 4 rings (SSSR count). The molecule has 1 unspecified atom stereocenters. The van der Waals surface area contributed by atoms with Crippen molar-refractivity contribution >= 4 is 23.6 Å². The molecule has 1 N–H and O–H groups in total. The Hall–Kier alpha value is -2.94. The van der Waals surface area contributed by atoms with Gasteiger partial charge in [-0.2, -0.15) is 0 Å². The van der Waals surface area contributed by atoms with Gasteiger partial charge in [-0.15, -0.1) is 10.2 Å². The minimum absolute atomic E-state index is 0.277. The van der Waals surface area contributed by atoms with Gasteiger partial charge in [0, 0.05) is 18.3 Å². The molecule has 1 aliphatic rings. The van der Waals surface area contributed by atoms with Crippen LogP contribution < -0.4 is 0 Å². The number of H-pyrrole nitrogens is 1. The number of nitrogens with one attached hydrogen (secondary N) is 1. The van der Waals surface area contributed by atoms with E-state index >= 15 is 0 Å². The first-order valence-corrected chi connectivity index (χ1v) is 9.75. The van der Waals surface area contributed by atoms with Crippen molar-refractivity contribution < 1.29 is 18.4 Å². The number of likely N-dealkylation sites (tertiary alicyclic amines) is 1. The summed E-state index contributed by atoms with van der Waals surface area (Å²) in [5, 5.41) is 7.76. The van der Waals surface area contributed by atoms with Gasteiger partial charge in [0.05, 0.1) is 5.25 Å². The molecular formula is C19H17FN4O3S. The van der Waals surface area contributed by atoms with Crippen molar-refractivity contribution in [2.75, 3.05) is 6.54 Å². The fourth-order valence-electron chi connectivity index (χ4n) is 3.02. The lowest BCUT2D eigenvalue weighted by Crippen LogP contribution is -2.41. The first-order valence-electron chi connectivity index (χ1n) is 8.87. The number of halogens is 1. The van der Waals surface area contributed by atoms with Gasteiger partial charge >= 0.3 is 0 Å². The summed E-state index contributed by atoms with van der Waals surface area (Å²) in [5.41, 5.74) is 0.979. The van der Waals surface area contributed by atoms with E-state index in [4.69, 9.17) is 4.42 Å². The summed E-state index contributed by atoms with van der Waals surface area (Å²) in [4.78, 5) is 29.9. The third-order valence-corrected chi connectivity index (χ3v) is 5.54. The van der Waals surface area contributed by atoms with Gasteiger partial charge in [0.2, 0.25) is 5.91 Å². The van der Waals surface area contributed by atoms with Crippen LogP contribution in [-0.2, 0) is 4.79 Å². The van der Waals surface area contributed by atoms with Crippen LogP contribution in [0.2, 0.25) is 0 Å². The summed E-state index contributed by atoms with van der Waals surface area (Å²) in [6.45, 7) is 0.337. The van der Waals surface area contributed by atoms with Crippen molar-refractivity contribution in [2.45, 2.75) is 29.7 Å². The lowest BCUT2D eigenvalue weighted by atomic mass is 10.2. The summed E-state index contributed by atoms with van der Waals surface area (Å²) in [6, 6.07) is 8.82. The molecule has 3 heterocycles. The first kappa shape index (κ1) is 18.4. The molecule has 1 aromatic carbocycles. The van der Waals surface area contributed by atoms with Gasteiger partial charge in [0.15, 0.2) is 0 Å². The largest absolute Gasteiger partial charge is 0.410 e. The van der Waals surface area contributed by atoms with Crippen LogP contribution in [0.3, 0.4) is 0 Å². The monoisotopic (exact) mass is 400 g/mol. The van der Waals surface area contributed by atoms with Gasteiger partial charge in [-0.25, -0.2) is 4.39 Å². The van der Waals surface area contributed by atoms with Gasteiger partial charge in [0.1, 0.15) is 11.5 Å². The zero-order valence-corrected chi connectivity index (χ0v) is 15.6. The van der Waals surface area contributed by atoms with Gasteiger partial charge in [-0.3, -0.25) is 14.5 Å². The van der Waals surface area contributed by atoms with E-state index in [1.165, 1.54) is 40.9 Å². The molecule has 28 heavy (non-hydrogen) atoms. The number of nitrogens with zero attached hydrogens (tertiary/aromatic N) is 3. The highest BCUT2D eigenvalue weighted by molar-refractivity contribution is 8.00. The highest BCUT2D eigenvalue weighted by Gasteiger charge is 2.33. The summed E-state index contributed by atoms with van der Waals surface area (Å²) in [6.07, 6.45) is 3.87. The molecule has 2 amide bonds. The predicted octanol–water partition coefficient (Wildman–Crippen LogP) is 3.52. The number of carbonyl (C=O) groups is 2. The number of carbonyl (C=O) groups excluding carboxylic acids is 2. The van der Waals surface area contributed by atoms with E-state index in [-0.39, 0.29) is 16.7 Å². The Morgan fingerprint density at radius 2 is 2.04 bits per heavy atom. The average Bonchev–Trinajstić information content (AvgIpc) is 3.35. The van der Waals surface area contributed by atoms with Crippen molar-refractivity contribution in [3.63, 3.8) is 0 Å². The van der Waals surface area contributed by atoms with Crippen LogP contribution in [0, 0.1) is 5.82 Å². The standard InChI is InChI=1S/C19H17FN4O3S/c20-13-8-6-12(7-9-13)17(25)24-11-2-1-5-15(18(24)26)28-19-23-22-16(27-19)14-4-3-10-21-14/h3-4,6-10,15,21H,1-2,5,11H2. The molecule has 0 radical (unpaired) electrons. The molecule has 3 aromatic rings. The molecule has 1 atom stereocenters. The van der Waals surface area contributed by atoms with E-state index < -0.39 is 17.0 Å². The van der Waals surface area contributed by atoms with Crippen molar-refractivity contribution in [1.82, 2.24) is 20.1 Å². The zero-order valence-electron chi connectivity index (χ0n) is 14.8. The van der Waals surface area contributed by atoms with Crippen molar-refractivity contribution in [1.29, 1.82) is 0 Å². The summed E-state index contributed by atoms with van der Waals surface area (Å²) < 4.78 is 18.7. The van der Waals surface area contributed by atoms with Gasteiger partial charge in [0.25, 0.3) is 17.0 Å². The number of thioether (sulfide) groups is 1. The minimum Gasteiger partial charge on any atom is -0.410 e. The molecule has 0 spiro atoms. The normalized spacial score (nSPS) is 17.5. The van der Waals surface area contributed by atoms with Gasteiger partial charge in [-0.1, -0.05) is 18.2 Å². The van der Waals surface area contributed by atoms with Crippen LogP contribution in [0.15, 0.2) is 52.2 Å². The molecule has 1 aliphatic heterocycles. The van der Waals surface area contributed by atoms with Crippen molar-refractivity contribution in [2.24, 2.45) is 0 Å². The third-order valence-electron chi connectivity index (χ3n) is 4.45. The number of rotatable bonds is 4. The van der Waals surface area contributed by atoms with E-state index in [2.05, 4.69) is 15.2 Å². The van der Waals surface area contributed by atoms with E-state index in [9.17, 15) is 14.0 Å². The van der Waals surface area contributed by atoms with Crippen LogP contribution >= 0.6 is 11.8 Å². The maximum absolute atomic E-state index is 13.1. The van der Waals surface area contributed by atoms with Crippen molar-refractivity contribution in [3.8, 4) is 11.6 Å². The van der Waals surface area contributed by atoms with Gasteiger partial charge < -0.3 is 9.40 Å². The number of benzene rings is 1. The molecule has 0 aliphatic carbocycles. The molecule has 0 saturated carbocycles. The zero-order chi connectivity index (χ0) is 19.5. The van der Waals surface area contributed by atoms with Crippen LogP contribution in [0.5, 0.6) is 0 Å². The van der Waals surface area contributed by atoms with Gasteiger partial charge in [-0.05, 0) is 49.2 Å². The van der Waals surface area contributed by atoms with E-state index in [0.717, 1.165) is 6.42 Å². The Morgan fingerprint density at radius 1 is 1.21 bits per heavy atom. The van der Waals surface area contributed by atoms with Crippen molar-refractivity contribution in [3.05, 3.63) is 54.0 Å². The van der Waals surface area contributed by atoms with Crippen LogP contribution in [0.25, 0.3) is 11.6 Å². The molecule has 1 fully saturated rings. The molecule has 9 heteroatoms. The lowest BCUT2D eigenvalue weighted by Gasteiger charge is -2.21. The van der Waals surface area contributed by atoms with Crippen LogP contribution in [0.4, 0.5) is 4.39 Å². The second-order valence-corrected chi connectivity index (χ2v) is 7.52. The highest BCUT2D eigenvalue weighted by atomic mass is 32.2. The van der Waals surface area contributed by atoms with Crippen LogP contribution in [-0.4, -0.2) is 43.7 Å². The van der Waals surface area contributed by atoms with E-state index in [0.29, 0.717) is 31.0 Å². The predicted molar refractivity (Wildman–Crippen MR) is 100 cm³/mol. The highest BCUT2D eigenvalue weighted by Crippen LogP contribution is 2.31. The maximum Gasteiger partial charge on any atom is 0.277 e. The maximum atomic E-state index is 13.1. The molecular weight excluding hydrogens is 383 g/mol. The summed E-state index contributed by atoms with van der Waals surface area (Å²) in [7, 11) is 0. The fraction of sp³-hybridized carbons (Fsp3) is 0.263. The van der Waals surface area contributed by atoms with Crippen LogP contribution in [0.1, 0.15) is 29.6 Å². The average molecular weight is 400 g/mol.